The summed E-state index contributed by atoms with van der Waals surface area (Å²) in [5, 5.41) is 2.73. The van der Waals surface area contributed by atoms with Gasteiger partial charge in [0.25, 0.3) is 0 Å². The van der Waals surface area contributed by atoms with E-state index >= 15 is 0 Å². The zero-order valence-corrected chi connectivity index (χ0v) is 12.8. The predicted molar refractivity (Wildman–Crippen MR) is 85.1 cm³/mol. The van der Waals surface area contributed by atoms with Crippen molar-refractivity contribution in [3.63, 3.8) is 0 Å². The molecule has 21 heavy (non-hydrogen) atoms. The topological polar surface area (TPSA) is 32.3 Å². The zero-order valence-electron chi connectivity index (χ0n) is 12.0. The van der Waals surface area contributed by atoms with Crippen molar-refractivity contribution in [1.82, 2.24) is 4.90 Å². The van der Waals surface area contributed by atoms with Crippen LogP contribution < -0.4 is 5.32 Å². The maximum absolute atomic E-state index is 12.8. The van der Waals surface area contributed by atoms with Crippen LogP contribution in [0.5, 0.6) is 0 Å². The SMILES string of the molecule is CSc1ccc(CN(C)C(=O)Nc2ccc(F)cc2)cc1. The number of benzene rings is 2. The molecule has 0 unspecified atom stereocenters. The summed E-state index contributed by atoms with van der Waals surface area (Å²) in [4.78, 5) is 14.8. The van der Waals surface area contributed by atoms with Gasteiger partial charge in [-0.15, -0.1) is 11.8 Å². The van der Waals surface area contributed by atoms with Crippen LogP contribution >= 0.6 is 11.8 Å². The van der Waals surface area contributed by atoms with Gasteiger partial charge < -0.3 is 10.2 Å². The van der Waals surface area contributed by atoms with Crippen LogP contribution in [0.2, 0.25) is 0 Å². The van der Waals surface area contributed by atoms with E-state index in [-0.39, 0.29) is 11.8 Å². The zero-order chi connectivity index (χ0) is 15.2. The summed E-state index contributed by atoms with van der Waals surface area (Å²) < 4.78 is 12.8. The first-order chi connectivity index (χ1) is 10.1. The number of carbonyl (C=O) groups excluding carboxylic acids is 1. The molecule has 5 heteroatoms. The third-order valence-electron chi connectivity index (χ3n) is 3.02. The molecule has 110 valence electrons. The van der Waals surface area contributed by atoms with E-state index in [0.29, 0.717) is 12.2 Å². The maximum atomic E-state index is 12.8. The smallest absolute Gasteiger partial charge is 0.321 e. The number of thioether (sulfide) groups is 1. The molecule has 0 fully saturated rings. The van der Waals surface area contributed by atoms with Gasteiger partial charge in [-0.25, -0.2) is 9.18 Å². The minimum absolute atomic E-state index is 0.226. The van der Waals surface area contributed by atoms with E-state index in [1.54, 1.807) is 23.7 Å². The largest absolute Gasteiger partial charge is 0.323 e. The average molecular weight is 304 g/mol. The normalized spacial score (nSPS) is 10.2. The van der Waals surface area contributed by atoms with Crippen molar-refractivity contribution in [3.05, 3.63) is 59.9 Å². The van der Waals surface area contributed by atoms with E-state index in [4.69, 9.17) is 0 Å². The maximum Gasteiger partial charge on any atom is 0.321 e. The number of hydrogen-bond acceptors (Lipinski definition) is 2. The van der Waals surface area contributed by atoms with Gasteiger partial charge >= 0.3 is 6.03 Å². The molecule has 2 rings (SSSR count). The lowest BCUT2D eigenvalue weighted by Gasteiger charge is -2.18. The quantitative estimate of drug-likeness (QED) is 0.858. The van der Waals surface area contributed by atoms with Crippen molar-refractivity contribution in [2.45, 2.75) is 11.4 Å². The second kappa shape index (κ2) is 7.13. The summed E-state index contributed by atoms with van der Waals surface area (Å²) >= 11 is 1.68. The number of carbonyl (C=O) groups is 1. The fourth-order valence-electron chi connectivity index (χ4n) is 1.83. The van der Waals surface area contributed by atoms with Crippen LogP contribution in [0, 0.1) is 5.82 Å². The Morgan fingerprint density at radius 1 is 1.14 bits per heavy atom. The fourth-order valence-corrected chi connectivity index (χ4v) is 2.24. The molecule has 0 aliphatic heterocycles. The minimum atomic E-state index is -0.324. The lowest BCUT2D eigenvalue weighted by Crippen LogP contribution is -2.30. The molecule has 0 atom stereocenters. The minimum Gasteiger partial charge on any atom is -0.323 e. The number of nitrogens with one attached hydrogen (secondary N) is 1. The van der Waals surface area contributed by atoms with E-state index in [1.165, 1.54) is 29.2 Å². The highest BCUT2D eigenvalue weighted by Gasteiger charge is 2.09. The number of amides is 2. The van der Waals surface area contributed by atoms with E-state index < -0.39 is 0 Å². The van der Waals surface area contributed by atoms with E-state index in [1.807, 2.05) is 30.5 Å². The van der Waals surface area contributed by atoms with Crippen LogP contribution in [0.3, 0.4) is 0 Å². The van der Waals surface area contributed by atoms with Crippen molar-refractivity contribution in [2.75, 3.05) is 18.6 Å². The Labute approximate surface area is 128 Å². The van der Waals surface area contributed by atoms with E-state index in [0.717, 1.165) is 5.56 Å². The Kier molecular flexibility index (Phi) is 5.22. The Balaban J connectivity index is 1.93. The second-order valence-electron chi connectivity index (χ2n) is 4.64. The second-order valence-corrected chi connectivity index (χ2v) is 5.52. The van der Waals surface area contributed by atoms with Crippen molar-refractivity contribution < 1.29 is 9.18 Å². The first kappa shape index (κ1) is 15.4. The number of anilines is 1. The molecule has 0 aromatic heterocycles. The summed E-state index contributed by atoms with van der Waals surface area (Å²) in [6.45, 7) is 0.516. The number of rotatable bonds is 4. The van der Waals surface area contributed by atoms with Gasteiger partial charge in [0.15, 0.2) is 0 Å². The Morgan fingerprint density at radius 3 is 2.33 bits per heavy atom. The lowest BCUT2D eigenvalue weighted by atomic mass is 10.2. The molecule has 2 aromatic rings. The Morgan fingerprint density at radius 2 is 1.76 bits per heavy atom. The molecular weight excluding hydrogens is 287 g/mol. The van der Waals surface area contributed by atoms with Crippen molar-refractivity contribution in [2.24, 2.45) is 0 Å². The van der Waals surface area contributed by atoms with E-state index in [9.17, 15) is 9.18 Å². The summed E-state index contributed by atoms with van der Waals surface area (Å²) in [7, 11) is 1.72. The Hall–Kier alpha value is -2.01. The van der Waals surface area contributed by atoms with Crippen LogP contribution in [0.1, 0.15) is 5.56 Å². The van der Waals surface area contributed by atoms with Crippen LogP contribution in [-0.2, 0) is 6.54 Å². The Bertz CT molecular complexity index is 599. The molecule has 1 N–H and O–H groups in total. The van der Waals surface area contributed by atoms with Gasteiger partial charge in [0.1, 0.15) is 5.82 Å². The number of nitrogens with zero attached hydrogens (tertiary/aromatic N) is 1. The van der Waals surface area contributed by atoms with Crippen molar-refractivity contribution in [1.29, 1.82) is 0 Å². The van der Waals surface area contributed by atoms with Gasteiger partial charge in [0.05, 0.1) is 0 Å². The van der Waals surface area contributed by atoms with Gasteiger partial charge in [-0.3, -0.25) is 0 Å². The van der Waals surface area contributed by atoms with E-state index in [2.05, 4.69) is 5.32 Å². The highest BCUT2D eigenvalue weighted by atomic mass is 32.2. The highest BCUT2D eigenvalue weighted by Crippen LogP contribution is 2.16. The van der Waals surface area contributed by atoms with Gasteiger partial charge in [0, 0.05) is 24.2 Å². The molecule has 0 saturated heterocycles. The van der Waals surface area contributed by atoms with Crippen LogP contribution in [0.15, 0.2) is 53.4 Å². The molecule has 0 aliphatic rings. The standard InChI is InChI=1S/C16H17FN2OS/c1-19(11-12-3-9-15(21-2)10-4-12)16(20)18-14-7-5-13(17)6-8-14/h3-10H,11H2,1-2H3,(H,18,20). The van der Waals surface area contributed by atoms with Crippen molar-refractivity contribution >= 4 is 23.5 Å². The third kappa shape index (κ3) is 4.49. The third-order valence-corrected chi connectivity index (χ3v) is 3.76. The highest BCUT2D eigenvalue weighted by molar-refractivity contribution is 7.98. The monoisotopic (exact) mass is 304 g/mol. The first-order valence-corrected chi connectivity index (χ1v) is 7.71. The van der Waals surface area contributed by atoms with Crippen LogP contribution in [0.25, 0.3) is 0 Å². The predicted octanol–water partition coefficient (Wildman–Crippen LogP) is 4.21. The first-order valence-electron chi connectivity index (χ1n) is 6.49. The van der Waals surface area contributed by atoms with Crippen LogP contribution in [0.4, 0.5) is 14.9 Å². The lowest BCUT2D eigenvalue weighted by molar-refractivity contribution is 0.220. The molecule has 2 aromatic carbocycles. The fraction of sp³-hybridized carbons (Fsp3) is 0.188. The molecule has 0 spiro atoms. The summed E-state index contributed by atoms with van der Waals surface area (Å²) in [5.41, 5.74) is 1.63. The summed E-state index contributed by atoms with van der Waals surface area (Å²) in [6, 6.07) is 13.6. The summed E-state index contributed by atoms with van der Waals surface area (Å²) in [6.07, 6.45) is 2.03. The average Bonchev–Trinajstić information content (AvgIpc) is 2.50. The molecule has 0 aliphatic carbocycles. The number of halogens is 1. The molecular formula is C16H17FN2OS. The van der Waals surface area contributed by atoms with Gasteiger partial charge in [-0.2, -0.15) is 0 Å². The van der Waals surface area contributed by atoms with Crippen LogP contribution in [-0.4, -0.2) is 24.2 Å². The molecule has 0 saturated carbocycles. The van der Waals surface area contributed by atoms with Gasteiger partial charge in [0.2, 0.25) is 0 Å². The number of urea groups is 1. The molecule has 0 heterocycles. The molecule has 0 radical (unpaired) electrons. The van der Waals surface area contributed by atoms with Crippen molar-refractivity contribution in [3.8, 4) is 0 Å². The van der Waals surface area contributed by atoms with Gasteiger partial charge in [-0.1, -0.05) is 12.1 Å². The number of hydrogen-bond donors (Lipinski definition) is 1. The summed E-state index contributed by atoms with van der Waals surface area (Å²) in [5.74, 6) is -0.324. The molecule has 0 bridgehead atoms. The molecule has 3 nitrogen and oxygen atoms in total. The van der Waals surface area contributed by atoms with Gasteiger partial charge in [-0.05, 0) is 48.2 Å². The molecule has 2 amide bonds.